The van der Waals surface area contributed by atoms with Gasteiger partial charge in [0.15, 0.2) is 0 Å². The molecule has 9 heteroatoms. The third-order valence-corrected chi connectivity index (χ3v) is 7.75. The molecular weight excluding hydrogens is 450 g/mol. The number of likely N-dealkylation sites (tertiary alicyclic amines) is 1. The molecule has 35 heavy (non-hydrogen) atoms. The Hall–Kier alpha value is -2.91. The third-order valence-electron chi connectivity index (χ3n) is 7.75. The van der Waals surface area contributed by atoms with Crippen LogP contribution in [0.3, 0.4) is 0 Å². The first-order chi connectivity index (χ1) is 17.0. The van der Waals surface area contributed by atoms with Gasteiger partial charge in [-0.2, -0.15) is 0 Å². The smallest absolute Gasteiger partial charge is 0.246 e. The van der Waals surface area contributed by atoms with Crippen LogP contribution in [0.1, 0.15) is 32.1 Å². The molecule has 0 radical (unpaired) electrons. The van der Waals surface area contributed by atoms with Gasteiger partial charge in [-0.05, 0) is 25.0 Å². The normalized spacial score (nSPS) is 31.5. The number of amides is 3. The second kappa shape index (κ2) is 9.62. The van der Waals surface area contributed by atoms with Crippen LogP contribution in [0.25, 0.3) is 0 Å². The van der Waals surface area contributed by atoms with E-state index in [4.69, 9.17) is 14.2 Å². The number of fused-ring (bicyclic) bond motifs is 1. The Balaban J connectivity index is 1.41. The zero-order valence-corrected chi connectivity index (χ0v) is 20.2. The van der Waals surface area contributed by atoms with Crippen LogP contribution in [-0.2, 0) is 23.9 Å². The van der Waals surface area contributed by atoms with Crippen molar-refractivity contribution in [1.82, 2.24) is 10.2 Å². The third kappa shape index (κ3) is 4.10. The molecule has 188 valence electrons. The SMILES string of the molecule is COCCN1C(=O)[C@H]2[C@H](C(=O)Nc3cccc(OC)c3)[C@H]3C=C[C@@]2(O3)[C@H]1C(=O)NC1CCCCC1. The van der Waals surface area contributed by atoms with Crippen LogP contribution >= 0.6 is 0 Å². The summed E-state index contributed by atoms with van der Waals surface area (Å²) < 4.78 is 16.8. The highest BCUT2D eigenvalue weighted by molar-refractivity contribution is 6.02. The lowest BCUT2D eigenvalue weighted by atomic mass is 9.74. The number of benzene rings is 1. The topological polar surface area (TPSA) is 106 Å². The van der Waals surface area contributed by atoms with Gasteiger partial charge in [0.2, 0.25) is 17.7 Å². The molecule has 0 unspecified atom stereocenters. The predicted octanol–water partition coefficient (Wildman–Crippen LogP) is 1.88. The summed E-state index contributed by atoms with van der Waals surface area (Å²) in [5, 5.41) is 6.08. The highest BCUT2D eigenvalue weighted by Gasteiger charge is 2.72. The van der Waals surface area contributed by atoms with Gasteiger partial charge in [0.05, 0.1) is 31.7 Å². The van der Waals surface area contributed by atoms with Gasteiger partial charge in [0.25, 0.3) is 0 Å². The second-order valence-corrected chi connectivity index (χ2v) is 9.79. The molecule has 3 aliphatic heterocycles. The molecule has 9 nitrogen and oxygen atoms in total. The standard InChI is InChI=1S/C26H33N3O6/c1-33-14-13-29-22(24(31)27-16-7-4-3-5-8-16)26-12-11-19(35-26)20(21(26)25(29)32)23(30)28-17-9-6-10-18(15-17)34-2/h6,9-12,15-16,19-22H,3-5,7-8,13-14H2,1-2H3,(H,27,31)(H,28,30)/t19-,20-,21-,22-,26+/m1/s1. The number of ether oxygens (including phenoxy) is 3. The molecular formula is C26H33N3O6. The minimum atomic E-state index is -1.16. The fourth-order valence-electron chi connectivity index (χ4n) is 6.15. The van der Waals surface area contributed by atoms with E-state index in [1.807, 2.05) is 12.2 Å². The van der Waals surface area contributed by atoms with E-state index in [0.29, 0.717) is 11.4 Å². The van der Waals surface area contributed by atoms with Crippen LogP contribution in [0.5, 0.6) is 5.75 Å². The maximum absolute atomic E-state index is 13.7. The Labute approximate surface area is 205 Å². The highest BCUT2D eigenvalue weighted by atomic mass is 16.5. The first kappa shape index (κ1) is 23.8. The van der Waals surface area contributed by atoms with Gasteiger partial charge in [0, 0.05) is 31.5 Å². The molecule has 5 atom stereocenters. The van der Waals surface area contributed by atoms with Crippen molar-refractivity contribution in [3.05, 3.63) is 36.4 Å². The molecule has 3 fully saturated rings. The number of hydrogen-bond acceptors (Lipinski definition) is 6. The average molecular weight is 484 g/mol. The molecule has 3 heterocycles. The quantitative estimate of drug-likeness (QED) is 0.547. The number of nitrogens with zero attached hydrogens (tertiary/aromatic N) is 1. The van der Waals surface area contributed by atoms with Crippen LogP contribution in [0, 0.1) is 11.8 Å². The summed E-state index contributed by atoms with van der Waals surface area (Å²) in [5.74, 6) is -1.68. The van der Waals surface area contributed by atoms with Crippen molar-refractivity contribution in [3.8, 4) is 5.75 Å². The minimum Gasteiger partial charge on any atom is -0.497 e. The monoisotopic (exact) mass is 483 g/mol. The fourth-order valence-corrected chi connectivity index (χ4v) is 6.15. The van der Waals surface area contributed by atoms with Crippen LogP contribution in [0.4, 0.5) is 5.69 Å². The Bertz CT molecular complexity index is 1020. The van der Waals surface area contributed by atoms with Crippen LogP contribution < -0.4 is 15.4 Å². The van der Waals surface area contributed by atoms with E-state index in [1.54, 1.807) is 43.4 Å². The second-order valence-electron chi connectivity index (χ2n) is 9.79. The number of hydrogen-bond donors (Lipinski definition) is 2. The summed E-state index contributed by atoms with van der Waals surface area (Å²) in [5.41, 5.74) is -0.589. The van der Waals surface area contributed by atoms with Crippen molar-refractivity contribution in [3.63, 3.8) is 0 Å². The highest BCUT2D eigenvalue weighted by Crippen LogP contribution is 2.55. The summed E-state index contributed by atoms with van der Waals surface area (Å²) in [6.45, 7) is 0.540. The van der Waals surface area contributed by atoms with Gasteiger partial charge >= 0.3 is 0 Å². The maximum atomic E-state index is 13.7. The molecule has 2 N–H and O–H groups in total. The molecule has 1 aromatic carbocycles. The van der Waals surface area contributed by atoms with Gasteiger partial charge < -0.3 is 29.7 Å². The fraction of sp³-hybridized carbons (Fsp3) is 0.577. The van der Waals surface area contributed by atoms with E-state index in [-0.39, 0.29) is 36.9 Å². The summed E-state index contributed by atoms with van der Waals surface area (Å²) in [7, 11) is 3.12. The number of carbonyl (C=O) groups is 3. The molecule has 1 spiro atoms. The van der Waals surface area contributed by atoms with E-state index in [0.717, 1.165) is 25.7 Å². The number of carbonyl (C=O) groups excluding carboxylic acids is 3. The minimum absolute atomic E-state index is 0.0980. The van der Waals surface area contributed by atoms with Crippen LogP contribution in [0.15, 0.2) is 36.4 Å². The summed E-state index contributed by atoms with van der Waals surface area (Å²) in [4.78, 5) is 42.3. The molecule has 2 bridgehead atoms. The lowest BCUT2D eigenvalue weighted by molar-refractivity contribution is -0.142. The molecule has 4 aliphatic rings. The Morgan fingerprint density at radius 1 is 1.17 bits per heavy atom. The van der Waals surface area contributed by atoms with E-state index < -0.39 is 29.6 Å². The molecule has 2 saturated heterocycles. The molecule has 1 saturated carbocycles. The van der Waals surface area contributed by atoms with E-state index >= 15 is 0 Å². The lowest BCUT2D eigenvalue weighted by Gasteiger charge is -2.34. The average Bonchev–Trinajstić information content (AvgIpc) is 3.50. The summed E-state index contributed by atoms with van der Waals surface area (Å²) in [6, 6.07) is 6.32. The van der Waals surface area contributed by atoms with Crippen molar-refractivity contribution in [2.75, 3.05) is 32.7 Å². The van der Waals surface area contributed by atoms with Gasteiger partial charge in [-0.15, -0.1) is 0 Å². The molecule has 0 aromatic heterocycles. The van der Waals surface area contributed by atoms with Crippen molar-refractivity contribution >= 4 is 23.4 Å². The Kier molecular flexibility index (Phi) is 6.55. The number of nitrogens with one attached hydrogen (secondary N) is 2. The van der Waals surface area contributed by atoms with Gasteiger partial charge in [0.1, 0.15) is 17.4 Å². The van der Waals surface area contributed by atoms with Gasteiger partial charge in [-0.25, -0.2) is 0 Å². The zero-order valence-electron chi connectivity index (χ0n) is 20.2. The number of methoxy groups -OCH3 is 2. The molecule has 1 aromatic rings. The first-order valence-electron chi connectivity index (χ1n) is 12.4. The number of anilines is 1. The number of rotatable bonds is 8. The predicted molar refractivity (Wildman–Crippen MR) is 128 cm³/mol. The van der Waals surface area contributed by atoms with E-state index in [1.165, 1.54) is 6.42 Å². The summed E-state index contributed by atoms with van der Waals surface area (Å²) in [6.07, 6.45) is 8.30. The van der Waals surface area contributed by atoms with Crippen molar-refractivity contribution in [2.45, 2.75) is 55.9 Å². The Morgan fingerprint density at radius 3 is 2.71 bits per heavy atom. The molecule has 5 rings (SSSR count). The first-order valence-corrected chi connectivity index (χ1v) is 12.4. The maximum Gasteiger partial charge on any atom is 0.246 e. The lowest BCUT2D eigenvalue weighted by Crippen LogP contribution is -2.57. The largest absolute Gasteiger partial charge is 0.497 e. The van der Waals surface area contributed by atoms with Gasteiger partial charge in [-0.3, -0.25) is 14.4 Å². The van der Waals surface area contributed by atoms with Crippen molar-refractivity contribution in [2.24, 2.45) is 11.8 Å². The van der Waals surface area contributed by atoms with Crippen molar-refractivity contribution in [1.29, 1.82) is 0 Å². The van der Waals surface area contributed by atoms with Gasteiger partial charge in [-0.1, -0.05) is 37.5 Å². The zero-order chi connectivity index (χ0) is 24.6. The molecule has 1 aliphatic carbocycles. The van der Waals surface area contributed by atoms with E-state index in [2.05, 4.69) is 10.6 Å². The van der Waals surface area contributed by atoms with Crippen LogP contribution in [0.2, 0.25) is 0 Å². The van der Waals surface area contributed by atoms with Crippen molar-refractivity contribution < 1.29 is 28.6 Å². The Morgan fingerprint density at radius 2 is 1.97 bits per heavy atom. The molecule has 3 amide bonds. The summed E-state index contributed by atoms with van der Waals surface area (Å²) >= 11 is 0. The van der Waals surface area contributed by atoms with E-state index in [9.17, 15) is 14.4 Å². The van der Waals surface area contributed by atoms with Crippen LogP contribution in [-0.4, -0.2) is 73.8 Å².